The number of rotatable bonds is 2. The van der Waals surface area contributed by atoms with Gasteiger partial charge in [0.05, 0.1) is 13.8 Å². The highest BCUT2D eigenvalue weighted by Crippen LogP contribution is 2.36. The summed E-state index contributed by atoms with van der Waals surface area (Å²) in [7, 11) is -1.36. The Morgan fingerprint density at radius 3 is 2.32 bits per heavy atom. The van der Waals surface area contributed by atoms with Crippen LogP contribution in [0.15, 0.2) is 48.7 Å². The SMILES string of the molecule is Cc1c([Si](C)(C)C)cnc(-c2ccc3sc4ccccc4c3c2)c1C. The van der Waals surface area contributed by atoms with Crippen LogP contribution in [-0.2, 0) is 0 Å². The van der Waals surface area contributed by atoms with Crippen LogP contribution in [0.2, 0.25) is 19.6 Å². The summed E-state index contributed by atoms with van der Waals surface area (Å²) in [5.41, 5.74) is 5.08. The number of thiophene rings is 1. The summed E-state index contributed by atoms with van der Waals surface area (Å²) in [5, 5.41) is 4.15. The molecule has 25 heavy (non-hydrogen) atoms. The van der Waals surface area contributed by atoms with Crippen molar-refractivity contribution in [1.29, 1.82) is 0 Å². The highest BCUT2D eigenvalue weighted by molar-refractivity contribution is 7.25. The Morgan fingerprint density at radius 1 is 0.840 bits per heavy atom. The molecule has 0 atom stereocenters. The van der Waals surface area contributed by atoms with Gasteiger partial charge >= 0.3 is 0 Å². The lowest BCUT2D eigenvalue weighted by atomic mass is 10.0. The number of pyridine rings is 1. The first kappa shape index (κ1) is 16.5. The van der Waals surface area contributed by atoms with Crippen molar-refractivity contribution in [2.45, 2.75) is 33.5 Å². The maximum atomic E-state index is 4.89. The maximum Gasteiger partial charge on any atom is 0.0799 e. The molecule has 4 rings (SSSR count). The highest BCUT2D eigenvalue weighted by Gasteiger charge is 2.21. The van der Waals surface area contributed by atoms with Gasteiger partial charge in [-0.25, -0.2) is 0 Å². The van der Waals surface area contributed by atoms with Gasteiger partial charge in [-0.2, -0.15) is 0 Å². The van der Waals surface area contributed by atoms with Gasteiger partial charge in [0.15, 0.2) is 0 Å². The van der Waals surface area contributed by atoms with E-state index in [0.29, 0.717) is 0 Å². The van der Waals surface area contributed by atoms with Crippen molar-refractivity contribution < 1.29 is 0 Å². The third-order valence-corrected chi connectivity index (χ3v) is 8.37. The van der Waals surface area contributed by atoms with Crippen LogP contribution in [0, 0.1) is 13.8 Å². The Morgan fingerprint density at radius 2 is 1.56 bits per heavy atom. The second-order valence-corrected chi connectivity index (χ2v) is 14.0. The quantitative estimate of drug-likeness (QED) is 0.383. The summed E-state index contributed by atoms with van der Waals surface area (Å²) in [5.74, 6) is 0. The molecular weight excluding hydrogens is 338 g/mol. The number of fused-ring (bicyclic) bond motifs is 3. The molecule has 126 valence electrons. The Hall–Kier alpha value is -1.97. The van der Waals surface area contributed by atoms with Gasteiger partial charge in [-0.05, 0) is 48.4 Å². The first-order valence-electron chi connectivity index (χ1n) is 8.74. The zero-order valence-electron chi connectivity index (χ0n) is 15.5. The lowest BCUT2D eigenvalue weighted by Gasteiger charge is -2.21. The monoisotopic (exact) mass is 361 g/mol. The number of benzene rings is 2. The topological polar surface area (TPSA) is 12.9 Å². The van der Waals surface area contributed by atoms with Gasteiger partial charge in [0.1, 0.15) is 0 Å². The molecule has 0 spiro atoms. The molecule has 2 aromatic heterocycles. The Labute approximate surface area is 154 Å². The van der Waals surface area contributed by atoms with E-state index < -0.39 is 8.07 Å². The molecule has 0 N–H and O–H groups in total. The molecule has 0 bridgehead atoms. The molecule has 0 saturated carbocycles. The van der Waals surface area contributed by atoms with Gasteiger partial charge in [-0.3, -0.25) is 4.98 Å². The van der Waals surface area contributed by atoms with E-state index in [1.807, 2.05) is 11.3 Å². The Bertz CT molecular complexity index is 1100. The van der Waals surface area contributed by atoms with Gasteiger partial charge in [0.25, 0.3) is 0 Å². The van der Waals surface area contributed by atoms with E-state index in [0.717, 1.165) is 5.69 Å². The van der Waals surface area contributed by atoms with E-state index in [9.17, 15) is 0 Å². The minimum absolute atomic E-state index is 1.12. The van der Waals surface area contributed by atoms with Gasteiger partial charge in [-0.15, -0.1) is 11.3 Å². The van der Waals surface area contributed by atoms with Gasteiger partial charge in [0, 0.05) is 31.9 Å². The summed E-state index contributed by atoms with van der Waals surface area (Å²) >= 11 is 1.86. The average Bonchev–Trinajstić information content (AvgIpc) is 2.94. The van der Waals surface area contributed by atoms with Crippen LogP contribution >= 0.6 is 11.3 Å². The minimum Gasteiger partial charge on any atom is -0.256 e. The van der Waals surface area contributed by atoms with Crippen LogP contribution in [0.5, 0.6) is 0 Å². The minimum atomic E-state index is -1.36. The van der Waals surface area contributed by atoms with Crippen LogP contribution in [0.3, 0.4) is 0 Å². The summed E-state index contributed by atoms with van der Waals surface area (Å²) in [6, 6.07) is 15.4. The molecule has 2 heterocycles. The fraction of sp³-hybridized carbons (Fsp3) is 0.227. The molecule has 1 nitrogen and oxygen atoms in total. The normalized spacial score (nSPS) is 12.2. The molecule has 0 aliphatic heterocycles. The first-order chi connectivity index (χ1) is 11.9. The summed E-state index contributed by atoms with van der Waals surface area (Å²) < 4.78 is 2.70. The molecule has 0 fully saturated rings. The molecule has 0 amide bonds. The molecule has 2 aromatic carbocycles. The van der Waals surface area contributed by atoms with Crippen LogP contribution in [0.25, 0.3) is 31.4 Å². The average molecular weight is 362 g/mol. The second kappa shape index (κ2) is 5.79. The third-order valence-electron chi connectivity index (χ3n) is 5.10. The number of hydrogen-bond acceptors (Lipinski definition) is 2. The van der Waals surface area contributed by atoms with Gasteiger partial charge in [0.2, 0.25) is 0 Å². The summed E-state index contributed by atoms with van der Waals surface area (Å²) in [4.78, 5) is 4.89. The molecular formula is C22H23NSSi. The van der Waals surface area contributed by atoms with Crippen molar-refractivity contribution in [2.24, 2.45) is 0 Å². The second-order valence-electron chi connectivity index (χ2n) is 7.83. The molecule has 3 heteroatoms. The highest BCUT2D eigenvalue weighted by atomic mass is 32.1. The van der Waals surface area contributed by atoms with Crippen molar-refractivity contribution in [1.82, 2.24) is 4.98 Å². The van der Waals surface area contributed by atoms with E-state index >= 15 is 0 Å². The standard InChI is InChI=1S/C22H23NSSi/c1-14-15(2)22(23-13-21(14)25(3,4)5)16-10-11-20-18(12-16)17-8-6-7-9-19(17)24-20/h6-13H,1-5H3. The predicted octanol–water partition coefficient (Wildman–Crippen LogP) is 6.28. The predicted molar refractivity (Wildman–Crippen MR) is 115 cm³/mol. The maximum absolute atomic E-state index is 4.89. The summed E-state index contributed by atoms with van der Waals surface area (Å²) in [6.45, 7) is 11.6. The molecule has 0 aliphatic rings. The van der Waals surface area contributed by atoms with Crippen molar-refractivity contribution in [3.05, 3.63) is 59.8 Å². The van der Waals surface area contributed by atoms with Crippen LogP contribution in [-0.4, -0.2) is 13.1 Å². The zero-order chi connectivity index (χ0) is 17.8. The van der Waals surface area contributed by atoms with Crippen molar-refractivity contribution >= 4 is 44.8 Å². The fourth-order valence-corrected chi connectivity index (χ4v) is 6.47. The third kappa shape index (κ3) is 2.72. The first-order valence-corrected chi connectivity index (χ1v) is 13.1. The number of nitrogens with zero attached hydrogens (tertiary/aromatic N) is 1. The van der Waals surface area contributed by atoms with E-state index in [1.165, 1.54) is 42.0 Å². The molecule has 0 unspecified atom stereocenters. The lowest BCUT2D eigenvalue weighted by Crippen LogP contribution is -2.40. The van der Waals surface area contributed by atoms with Crippen LogP contribution in [0.1, 0.15) is 11.1 Å². The summed E-state index contributed by atoms with van der Waals surface area (Å²) in [6.07, 6.45) is 2.12. The van der Waals surface area contributed by atoms with Crippen LogP contribution < -0.4 is 5.19 Å². The number of aromatic nitrogens is 1. The molecule has 0 radical (unpaired) electrons. The van der Waals surface area contributed by atoms with Crippen LogP contribution in [0.4, 0.5) is 0 Å². The van der Waals surface area contributed by atoms with Gasteiger partial charge < -0.3 is 0 Å². The van der Waals surface area contributed by atoms with Crippen molar-refractivity contribution in [3.8, 4) is 11.3 Å². The largest absolute Gasteiger partial charge is 0.256 e. The fourth-order valence-electron chi connectivity index (χ4n) is 3.62. The smallest absolute Gasteiger partial charge is 0.0799 e. The molecule has 0 saturated heterocycles. The number of hydrogen-bond donors (Lipinski definition) is 0. The molecule has 0 aliphatic carbocycles. The Balaban J connectivity index is 1.93. The molecule has 4 aromatic rings. The van der Waals surface area contributed by atoms with Crippen molar-refractivity contribution in [3.63, 3.8) is 0 Å². The van der Waals surface area contributed by atoms with Crippen molar-refractivity contribution in [2.75, 3.05) is 0 Å². The van der Waals surface area contributed by atoms with E-state index in [1.54, 1.807) is 0 Å². The zero-order valence-corrected chi connectivity index (χ0v) is 17.3. The van der Waals surface area contributed by atoms with E-state index in [4.69, 9.17) is 4.98 Å². The Kier molecular flexibility index (Phi) is 3.82. The lowest BCUT2D eigenvalue weighted by molar-refractivity contribution is 1.24. The van der Waals surface area contributed by atoms with E-state index in [2.05, 4.69) is 82.1 Å². The van der Waals surface area contributed by atoms with E-state index in [-0.39, 0.29) is 0 Å². The van der Waals surface area contributed by atoms with Gasteiger partial charge in [-0.1, -0.05) is 43.9 Å².